The van der Waals surface area contributed by atoms with Crippen LogP contribution in [0.15, 0.2) is 22.7 Å². The van der Waals surface area contributed by atoms with E-state index in [1.807, 2.05) is 38.3 Å². The predicted octanol–water partition coefficient (Wildman–Crippen LogP) is 3.90. The molecule has 0 unspecified atom stereocenters. The first-order valence-electron chi connectivity index (χ1n) is 6.06. The zero-order valence-corrected chi connectivity index (χ0v) is 14.7. The van der Waals surface area contributed by atoms with Crippen LogP contribution in [0.2, 0.25) is 0 Å². The van der Waals surface area contributed by atoms with Crippen LogP contribution >= 0.6 is 33.4 Å². The van der Waals surface area contributed by atoms with Crippen LogP contribution in [0, 0.1) is 0 Å². The summed E-state index contributed by atoms with van der Waals surface area (Å²) in [4.78, 5) is 0.880. The Kier molecular flexibility index (Phi) is 3.40. The van der Waals surface area contributed by atoms with E-state index in [-0.39, 0.29) is 5.16 Å². The molecule has 5 nitrogen and oxygen atoms in total. The zero-order chi connectivity index (χ0) is 15.4. The van der Waals surface area contributed by atoms with E-state index in [0.29, 0.717) is 5.82 Å². The van der Waals surface area contributed by atoms with E-state index in [9.17, 15) is 8.42 Å². The molecular weight excluding hydrogens is 350 g/mol. The van der Waals surface area contributed by atoms with Gasteiger partial charge in [-0.2, -0.15) is 0 Å². The molecule has 0 saturated carbocycles. The third-order valence-electron chi connectivity index (χ3n) is 2.88. The van der Waals surface area contributed by atoms with Crippen LogP contribution < -0.4 is 0 Å². The van der Waals surface area contributed by atoms with E-state index in [2.05, 4.69) is 10.2 Å². The fourth-order valence-electron chi connectivity index (χ4n) is 2.07. The van der Waals surface area contributed by atoms with Crippen molar-refractivity contribution in [1.82, 2.24) is 14.8 Å². The highest BCUT2D eigenvalue weighted by atomic mass is 35.7. The summed E-state index contributed by atoms with van der Waals surface area (Å²) in [5.41, 5.74) is -0.506. The molecule has 3 heterocycles. The van der Waals surface area contributed by atoms with Crippen molar-refractivity contribution in [3.8, 4) is 10.7 Å². The molecule has 3 rings (SSSR count). The number of thiophene rings is 2. The summed E-state index contributed by atoms with van der Waals surface area (Å²) < 4.78 is 27.3. The summed E-state index contributed by atoms with van der Waals surface area (Å²) in [6.07, 6.45) is 0. The van der Waals surface area contributed by atoms with Crippen molar-refractivity contribution in [2.75, 3.05) is 0 Å². The van der Waals surface area contributed by atoms with E-state index in [0.717, 1.165) is 14.3 Å². The van der Waals surface area contributed by atoms with E-state index in [4.69, 9.17) is 10.7 Å². The molecular formula is C12H12ClN3O2S3. The molecule has 0 aromatic carbocycles. The van der Waals surface area contributed by atoms with Gasteiger partial charge in [-0.3, -0.25) is 4.57 Å². The van der Waals surface area contributed by atoms with Crippen LogP contribution in [0.1, 0.15) is 20.8 Å². The molecule has 0 aliphatic carbocycles. The van der Waals surface area contributed by atoms with Crippen LogP contribution in [0.5, 0.6) is 0 Å². The maximum atomic E-state index is 11.7. The lowest BCUT2D eigenvalue weighted by Gasteiger charge is -2.23. The largest absolute Gasteiger partial charge is 0.296 e. The highest BCUT2D eigenvalue weighted by Gasteiger charge is 2.30. The number of hydrogen-bond acceptors (Lipinski definition) is 6. The van der Waals surface area contributed by atoms with Crippen molar-refractivity contribution < 1.29 is 8.42 Å². The monoisotopic (exact) mass is 361 g/mol. The van der Waals surface area contributed by atoms with E-state index in [1.165, 1.54) is 0 Å². The lowest BCUT2D eigenvalue weighted by molar-refractivity contribution is 0.367. The summed E-state index contributed by atoms with van der Waals surface area (Å²) in [7, 11) is 1.53. The van der Waals surface area contributed by atoms with Crippen LogP contribution in [0.3, 0.4) is 0 Å². The molecule has 0 aliphatic heterocycles. The maximum Gasteiger partial charge on any atom is 0.296 e. The van der Waals surface area contributed by atoms with E-state index in [1.54, 1.807) is 27.2 Å². The van der Waals surface area contributed by atoms with Gasteiger partial charge in [-0.15, -0.1) is 32.9 Å². The summed E-state index contributed by atoms with van der Waals surface area (Å²) in [6.45, 7) is 5.67. The molecule has 0 saturated heterocycles. The van der Waals surface area contributed by atoms with Gasteiger partial charge in [-0.25, -0.2) is 8.42 Å². The molecule has 9 heteroatoms. The zero-order valence-electron chi connectivity index (χ0n) is 11.5. The highest BCUT2D eigenvalue weighted by molar-refractivity contribution is 8.13. The number of hydrogen-bond donors (Lipinski definition) is 0. The van der Waals surface area contributed by atoms with Gasteiger partial charge in [0.05, 0.1) is 4.88 Å². The Labute approximate surface area is 134 Å². The first-order chi connectivity index (χ1) is 9.68. The summed E-state index contributed by atoms with van der Waals surface area (Å²) in [6, 6.07) is 4.03. The third-order valence-corrected chi connectivity index (χ3v) is 6.09. The summed E-state index contributed by atoms with van der Waals surface area (Å²) in [5, 5.41) is 9.65. The lowest BCUT2D eigenvalue weighted by atomic mass is 10.1. The van der Waals surface area contributed by atoms with Gasteiger partial charge in [0.2, 0.25) is 0 Å². The Balaban J connectivity index is 2.28. The molecule has 21 heavy (non-hydrogen) atoms. The van der Waals surface area contributed by atoms with Gasteiger partial charge in [-0.1, -0.05) is 0 Å². The van der Waals surface area contributed by atoms with Gasteiger partial charge >= 0.3 is 0 Å². The molecule has 3 aromatic rings. The lowest BCUT2D eigenvalue weighted by Crippen LogP contribution is -2.25. The van der Waals surface area contributed by atoms with Crippen molar-refractivity contribution >= 4 is 51.8 Å². The van der Waals surface area contributed by atoms with Gasteiger partial charge in [0.1, 0.15) is 0 Å². The molecule has 0 aliphatic rings. The Hall–Kier alpha value is -0.960. The first kappa shape index (κ1) is 15.0. The van der Waals surface area contributed by atoms with Gasteiger partial charge in [0, 0.05) is 25.6 Å². The van der Waals surface area contributed by atoms with Gasteiger partial charge in [0.15, 0.2) is 5.82 Å². The summed E-state index contributed by atoms with van der Waals surface area (Å²) in [5.74, 6) is 0.523. The minimum absolute atomic E-state index is 0.219. The topological polar surface area (TPSA) is 64.8 Å². The molecule has 0 amide bonds. The van der Waals surface area contributed by atoms with Crippen LogP contribution in [0.25, 0.3) is 20.1 Å². The van der Waals surface area contributed by atoms with Gasteiger partial charge < -0.3 is 0 Å². The molecule has 0 N–H and O–H groups in total. The number of rotatable bonds is 2. The molecule has 0 bridgehead atoms. The Bertz CT molecular complexity index is 887. The van der Waals surface area contributed by atoms with E-state index >= 15 is 0 Å². The Morgan fingerprint density at radius 1 is 1.24 bits per heavy atom. The Morgan fingerprint density at radius 3 is 2.52 bits per heavy atom. The van der Waals surface area contributed by atoms with Crippen LogP contribution in [-0.4, -0.2) is 23.2 Å². The second kappa shape index (κ2) is 4.77. The molecule has 0 atom stereocenters. The average Bonchev–Trinajstić information content (AvgIpc) is 2.99. The van der Waals surface area contributed by atoms with Crippen LogP contribution in [0.4, 0.5) is 0 Å². The van der Waals surface area contributed by atoms with Crippen molar-refractivity contribution in [1.29, 1.82) is 0 Å². The first-order valence-corrected chi connectivity index (χ1v) is 10.1. The highest BCUT2D eigenvalue weighted by Crippen LogP contribution is 2.38. The maximum absolute atomic E-state index is 11.7. The number of nitrogens with zero attached hydrogens (tertiary/aromatic N) is 3. The van der Waals surface area contributed by atoms with Gasteiger partial charge in [-0.05, 0) is 38.3 Å². The smallest absolute Gasteiger partial charge is 0.291 e. The minimum Gasteiger partial charge on any atom is -0.291 e. The average molecular weight is 362 g/mol. The fourth-order valence-corrected chi connectivity index (χ4v) is 5.17. The molecule has 0 fully saturated rings. The van der Waals surface area contributed by atoms with Crippen LogP contribution in [-0.2, 0) is 14.6 Å². The van der Waals surface area contributed by atoms with Crippen molar-refractivity contribution in [2.24, 2.45) is 0 Å². The van der Waals surface area contributed by atoms with E-state index < -0.39 is 14.6 Å². The normalized spacial score (nSPS) is 13.1. The standard InChI is InChI=1S/C12H12ClN3O2S3/c1-12(2,3)16-10(14-15-11(16)21(13,17)18)9-6-8-7(20-9)4-5-19-8/h4-6H,1-3H3. The number of halogens is 1. The SMILES string of the molecule is CC(C)(C)n1c(-c2cc3sccc3s2)nnc1S(=O)(=O)Cl. The summed E-state index contributed by atoms with van der Waals surface area (Å²) >= 11 is 3.20. The Morgan fingerprint density at radius 2 is 1.95 bits per heavy atom. The van der Waals surface area contributed by atoms with Crippen molar-refractivity contribution in [2.45, 2.75) is 31.5 Å². The van der Waals surface area contributed by atoms with Crippen molar-refractivity contribution in [3.05, 3.63) is 17.5 Å². The minimum atomic E-state index is -3.95. The molecule has 0 spiro atoms. The molecule has 0 radical (unpaired) electrons. The second-order valence-corrected chi connectivity index (χ2v) is 10.0. The predicted molar refractivity (Wildman–Crippen MR) is 86.8 cm³/mol. The van der Waals surface area contributed by atoms with Gasteiger partial charge in [0.25, 0.3) is 14.2 Å². The fraction of sp³-hybridized carbons (Fsp3) is 0.333. The van der Waals surface area contributed by atoms with Crippen molar-refractivity contribution in [3.63, 3.8) is 0 Å². The molecule has 112 valence electrons. The number of fused-ring (bicyclic) bond motifs is 1. The molecule has 3 aromatic heterocycles. The quantitative estimate of drug-likeness (QED) is 0.649. The second-order valence-electron chi connectivity index (χ2n) is 5.51. The number of aromatic nitrogens is 3. The third kappa shape index (κ3) is 2.61.